The van der Waals surface area contributed by atoms with Crippen LogP contribution < -0.4 is 4.90 Å². The number of anilines is 1. The van der Waals surface area contributed by atoms with Crippen molar-refractivity contribution in [1.29, 1.82) is 0 Å². The van der Waals surface area contributed by atoms with Gasteiger partial charge in [-0.25, -0.2) is 13.7 Å². The second kappa shape index (κ2) is 6.38. The van der Waals surface area contributed by atoms with Gasteiger partial charge in [-0.15, -0.1) is 0 Å². The molecule has 0 unspecified atom stereocenters. The Balaban J connectivity index is 1.68. The van der Waals surface area contributed by atoms with E-state index in [1.54, 1.807) is 36.4 Å². The third-order valence-electron chi connectivity index (χ3n) is 6.87. The van der Waals surface area contributed by atoms with E-state index in [9.17, 15) is 23.5 Å². The van der Waals surface area contributed by atoms with Crippen molar-refractivity contribution < 1.29 is 23.5 Å². The number of hydrogen-bond donors (Lipinski definition) is 1. The molecule has 7 rings (SSSR count). The van der Waals surface area contributed by atoms with Gasteiger partial charge in [0, 0.05) is 16.0 Å². The first-order valence-electron chi connectivity index (χ1n) is 9.90. The molecule has 1 fully saturated rings. The predicted octanol–water partition coefficient (Wildman–Crippen LogP) is 4.77. The van der Waals surface area contributed by atoms with Gasteiger partial charge in [-0.1, -0.05) is 53.5 Å². The van der Waals surface area contributed by atoms with E-state index >= 15 is 0 Å². The molecule has 8 heteroatoms. The van der Waals surface area contributed by atoms with Crippen LogP contribution in [0, 0.1) is 23.5 Å². The van der Waals surface area contributed by atoms with Gasteiger partial charge in [0.15, 0.2) is 0 Å². The van der Waals surface area contributed by atoms with Crippen LogP contribution in [-0.4, -0.2) is 16.9 Å². The number of carbonyl (C=O) groups excluding carboxylic acids is 2. The number of halogens is 4. The smallest absolute Gasteiger partial charge is 0.241 e. The molecule has 3 aromatic carbocycles. The van der Waals surface area contributed by atoms with E-state index in [2.05, 4.69) is 0 Å². The lowest BCUT2D eigenvalue weighted by molar-refractivity contribution is -0.133. The number of rotatable bonds is 1. The van der Waals surface area contributed by atoms with E-state index in [1.165, 1.54) is 0 Å². The highest BCUT2D eigenvalue weighted by molar-refractivity contribution is 6.33. The van der Waals surface area contributed by atoms with Crippen LogP contribution in [0.25, 0.3) is 0 Å². The fourth-order valence-corrected chi connectivity index (χ4v) is 6.33. The van der Waals surface area contributed by atoms with Gasteiger partial charge in [0.25, 0.3) is 0 Å². The number of imide groups is 1. The lowest BCUT2D eigenvalue weighted by Gasteiger charge is -2.51. The van der Waals surface area contributed by atoms with E-state index in [0.717, 1.165) is 18.2 Å². The fourth-order valence-electron chi connectivity index (χ4n) is 5.74. The summed E-state index contributed by atoms with van der Waals surface area (Å²) >= 11 is 13.0. The largest absolute Gasteiger partial charge is 0.379 e. The minimum Gasteiger partial charge on any atom is -0.379 e. The van der Waals surface area contributed by atoms with Gasteiger partial charge < -0.3 is 5.11 Å². The SMILES string of the molecule is O=C1[C@H]2C3c4c(Cl)cccc4C(O)(c4cccc(Cl)c43)[C@H]2C(=O)N1c1c(F)cccc1F. The molecular formula is C24H13Cl2F2NO3. The maximum Gasteiger partial charge on any atom is 0.241 e. The highest BCUT2D eigenvalue weighted by Gasteiger charge is 2.69. The van der Waals surface area contributed by atoms with Gasteiger partial charge in [-0.05, 0) is 46.5 Å². The van der Waals surface area contributed by atoms with Gasteiger partial charge in [0.2, 0.25) is 11.8 Å². The van der Waals surface area contributed by atoms with E-state index in [1.807, 2.05) is 0 Å². The highest BCUT2D eigenvalue weighted by atomic mass is 35.5. The second-order valence-corrected chi connectivity index (χ2v) is 9.05. The van der Waals surface area contributed by atoms with Crippen LogP contribution in [0.3, 0.4) is 0 Å². The van der Waals surface area contributed by atoms with Crippen LogP contribution in [-0.2, 0) is 15.2 Å². The molecule has 2 atom stereocenters. The molecule has 3 aliphatic carbocycles. The van der Waals surface area contributed by atoms with Crippen LogP contribution in [0.4, 0.5) is 14.5 Å². The molecule has 0 spiro atoms. The van der Waals surface area contributed by atoms with Crippen molar-refractivity contribution >= 4 is 40.7 Å². The Morgan fingerprint density at radius 2 is 1.31 bits per heavy atom. The molecule has 2 bridgehead atoms. The number of hydrogen-bond acceptors (Lipinski definition) is 3. The fraction of sp³-hybridized carbons (Fsp3) is 0.167. The van der Waals surface area contributed by atoms with Crippen LogP contribution in [0.5, 0.6) is 0 Å². The zero-order valence-corrected chi connectivity index (χ0v) is 17.7. The van der Waals surface area contributed by atoms with Crippen molar-refractivity contribution in [3.8, 4) is 0 Å². The molecule has 3 aromatic rings. The summed E-state index contributed by atoms with van der Waals surface area (Å²) in [6.45, 7) is 0. The van der Waals surface area contributed by atoms with E-state index in [4.69, 9.17) is 23.2 Å². The summed E-state index contributed by atoms with van der Waals surface area (Å²) in [5.74, 6) is -6.91. The van der Waals surface area contributed by atoms with Crippen molar-refractivity contribution in [2.45, 2.75) is 11.5 Å². The molecule has 0 saturated carbocycles. The van der Waals surface area contributed by atoms with Gasteiger partial charge in [0.1, 0.15) is 22.9 Å². The molecule has 4 aliphatic rings. The zero-order valence-electron chi connectivity index (χ0n) is 16.2. The molecule has 1 saturated heterocycles. The van der Waals surface area contributed by atoms with Gasteiger partial charge >= 0.3 is 0 Å². The lowest BCUT2D eigenvalue weighted by atomic mass is 9.52. The maximum atomic E-state index is 14.6. The van der Waals surface area contributed by atoms with E-state index in [-0.39, 0.29) is 0 Å². The minimum absolute atomic E-state index is 0.311. The minimum atomic E-state index is -1.94. The highest BCUT2D eigenvalue weighted by Crippen LogP contribution is 2.65. The van der Waals surface area contributed by atoms with Crippen molar-refractivity contribution in [3.05, 3.63) is 98.5 Å². The predicted molar refractivity (Wildman–Crippen MR) is 114 cm³/mol. The van der Waals surface area contributed by atoms with E-state index < -0.39 is 52.5 Å². The number of amides is 2. The molecule has 32 heavy (non-hydrogen) atoms. The average Bonchev–Trinajstić information content (AvgIpc) is 3.01. The summed E-state index contributed by atoms with van der Waals surface area (Å²) < 4.78 is 29.2. The summed E-state index contributed by atoms with van der Waals surface area (Å²) in [6.07, 6.45) is 0. The first-order chi connectivity index (χ1) is 15.3. The van der Waals surface area contributed by atoms with Gasteiger partial charge in [-0.2, -0.15) is 0 Å². The average molecular weight is 472 g/mol. The topological polar surface area (TPSA) is 57.6 Å². The Morgan fingerprint density at radius 1 is 0.812 bits per heavy atom. The van der Waals surface area contributed by atoms with Crippen LogP contribution >= 0.6 is 23.2 Å². The summed E-state index contributed by atoms with van der Waals surface area (Å²) in [5.41, 5.74) is -0.911. The Morgan fingerprint density at radius 3 is 1.84 bits per heavy atom. The Hall–Kier alpha value is -2.80. The van der Waals surface area contributed by atoms with Crippen molar-refractivity contribution in [3.63, 3.8) is 0 Å². The van der Waals surface area contributed by atoms with Crippen molar-refractivity contribution in [2.24, 2.45) is 11.8 Å². The summed E-state index contributed by atoms with van der Waals surface area (Å²) in [7, 11) is 0. The number of carbonyl (C=O) groups is 2. The maximum absolute atomic E-state index is 14.6. The Bertz CT molecular complexity index is 1300. The third kappa shape index (κ3) is 2.15. The van der Waals surface area contributed by atoms with Crippen molar-refractivity contribution in [2.75, 3.05) is 4.90 Å². The van der Waals surface area contributed by atoms with Crippen LogP contribution in [0.1, 0.15) is 28.2 Å². The molecule has 4 nitrogen and oxygen atoms in total. The summed E-state index contributed by atoms with van der Waals surface area (Å²) in [4.78, 5) is 27.7. The molecule has 1 N–H and O–H groups in total. The zero-order chi connectivity index (χ0) is 22.5. The van der Waals surface area contributed by atoms with E-state index in [0.29, 0.717) is 37.2 Å². The van der Waals surface area contributed by atoms with Crippen LogP contribution in [0.15, 0.2) is 54.6 Å². The molecular weight excluding hydrogens is 459 g/mol. The monoisotopic (exact) mass is 471 g/mol. The molecule has 1 aliphatic heterocycles. The quantitative estimate of drug-likeness (QED) is 0.520. The first-order valence-corrected chi connectivity index (χ1v) is 10.7. The molecule has 2 amide bonds. The molecule has 0 radical (unpaired) electrons. The molecule has 0 aromatic heterocycles. The van der Waals surface area contributed by atoms with Gasteiger partial charge in [-0.3, -0.25) is 9.59 Å². The number of benzene rings is 3. The second-order valence-electron chi connectivity index (χ2n) is 8.23. The van der Waals surface area contributed by atoms with Crippen LogP contribution in [0.2, 0.25) is 10.0 Å². The standard InChI is InChI=1S/C24H13Cl2F2NO3/c25-12-6-1-4-10-16(12)18-17-11(5-2-7-13(17)26)24(10,32)20-19(18)22(30)29(23(20)31)21-14(27)8-3-9-15(21)28/h1-9,18-20,32H/t18?,19-,20+,24?/m0/s1. The number of aliphatic hydroxyl groups is 1. The first kappa shape index (κ1) is 19.9. The molecule has 1 heterocycles. The normalized spacial score (nSPS) is 27.4. The Labute approximate surface area is 191 Å². The van der Waals surface area contributed by atoms with Crippen molar-refractivity contribution in [1.82, 2.24) is 0 Å². The number of nitrogens with zero attached hydrogens (tertiary/aromatic N) is 1. The summed E-state index contributed by atoms with van der Waals surface area (Å²) in [5, 5.41) is 12.8. The summed E-state index contributed by atoms with van der Waals surface area (Å²) in [6, 6.07) is 13.0. The number of para-hydroxylation sites is 1. The molecule has 160 valence electrons. The van der Waals surface area contributed by atoms with Gasteiger partial charge in [0.05, 0.1) is 11.8 Å². The Kier molecular flexibility index (Phi) is 3.96. The third-order valence-corrected chi connectivity index (χ3v) is 7.53. The lowest BCUT2D eigenvalue weighted by Crippen LogP contribution is -2.53.